The van der Waals surface area contributed by atoms with Crippen molar-refractivity contribution in [3.63, 3.8) is 0 Å². The van der Waals surface area contributed by atoms with E-state index in [4.69, 9.17) is 9.84 Å². The van der Waals surface area contributed by atoms with E-state index in [1.807, 2.05) is 0 Å². The quantitative estimate of drug-likeness (QED) is 0.464. The van der Waals surface area contributed by atoms with Gasteiger partial charge in [-0.15, -0.1) is 0 Å². The van der Waals surface area contributed by atoms with Gasteiger partial charge in [-0.05, 0) is 6.07 Å². The molecule has 2 aliphatic heterocycles. The number of carbonyl (C=O) groups excluding carboxylic acids is 1. The molecule has 0 saturated carbocycles. The molecule has 2 heterocycles. The molecule has 10 heteroatoms. The molecular formula is C14H14N4O6. The van der Waals surface area contributed by atoms with Gasteiger partial charge in [0.05, 0.1) is 29.5 Å². The molecule has 0 amide bonds. The first-order chi connectivity index (χ1) is 11.5. The summed E-state index contributed by atoms with van der Waals surface area (Å²) < 4.78 is 5.24. The second kappa shape index (κ2) is 6.24. The SMILES string of the molecule is O=CC1Nc2cc([N+](=O)[O-])c(N3CCOCC3)cc2N=C1C(=O)O. The van der Waals surface area contributed by atoms with E-state index < -0.39 is 16.9 Å². The number of carbonyl (C=O) groups is 2. The van der Waals surface area contributed by atoms with E-state index >= 15 is 0 Å². The summed E-state index contributed by atoms with van der Waals surface area (Å²) >= 11 is 0. The zero-order valence-corrected chi connectivity index (χ0v) is 12.5. The van der Waals surface area contributed by atoms with Gasteiger partial charge in [-0.2, -0.15) is 0 Å². The first-order valence-corrected chi connectivity index (χ1v) is 7.20. The fourth-order valence-electron chi connectivity index (χ4n) is 2.69. The van der Waals surface area contributed by atoms with Crippen LogP contribution in [0.15, 0.2) is 17.1 Å². The molecule has 2 N–H and O–H groups in total. The minimum absolute atomic E-state index is 0.137. The highest BCUT2D eigenvalue weighted by molar-refractivity contribution is 6.42. The van der Waals surface area contributed by atoms with Gasteiger partial charge in [0.1, 0.15) is 18.0 Å². The van der Waals surface area contributed by atoms with Crippen LogP contribution in [-0.2, 0) is 14.3 Å². The summed E-state index contributed by atoms with van der Waals surface area (Å²) in [5.74, 6) is -1.32. The van der Waals surface area contributed by atoms with Crippen molar-refractivity contribution in [3.8, 4) is 0 Å². The van der Waals surface area contributed by atoms with Crippen molar-refractivity contribution >= 4 is 40.7 Å². The van der Waals surface area contributed by atoms with Gasteiger partial charge in [0.25, 0.3) is 5.69 Å². The van der Waals surface area contributed by atoms with Crippen LogP contribution in [0.5, 0.6) is 0 Å². The molecule has 126 valence electrons. The zero-order valence-electron chi connectivity index (χ0n) is 12.5. The number of aldehydes is 1. The second-order valence-electron chi connectivity index (χ2n) is 5.27. The Balaban J connectivity index is 2.11. The number of anilines is 2. The Bertz CT molecular complexity index is 741. The summed E-state index contributed by atoms with van der Waals surface area (Å²) in [7, 11) is 0. The summed E-state index contributed by atoms with van der Waals surface area (Å²) in [5.41, 5.74) is 0.362. The Labute approximate surface area is 135 Å². The lowest BCUT2D eigenvalue weighted by Crippen LogP contribution is -2.39. The fraction of sp³-hybridized carbons (Fsp3) is 0.357. The van der Waals surface area contributed by atoms with Crippen LogP contribution in [-0.4, -0.2) is 60.3 Å². The number of carboxylic acids is 1. The Kier molecular flexibility index (Phi) is 4.13. The molecule has 1 aromatic carbocycles. The minimum atomic E-state index is -1.32. The van der Waals surface area contributed by atoms with Crippen molar-refractivity contribution in [1.29, 1.82) is 0 Å². The van der Waals surface area contributed by atoms with Crippen molar-refractivity contribution in [3.05, 3.63) is 22.2 Å². The van der Waals surface area contributed by atoms with Crippen LogP contribution in [0, 0.1) is 10.1 Å². The molecule has 1 aromatic rings. The normalized spacial score (nSPS) is 19.8. The average molecular weight is 334 g/mol. The number of hydrogen-bond donors (Lipinski definition) is 2. The van der Waals surface area contributed by atoms with Gasteiger partial charge in [-0.1, -0.05) is 0 Å². The Hall–Kier alpha value is -3.01. The lowest BCUT2D eigenvalue weighted by Gasteiger charge is -2.29. The summed E-state index contributed by atoms with van der Waals surface area (Å²) in [6.07, 6.45) is 0.400. The molecule has 0 spiro atoms. The molecule has 0 aromatic heterocycles. The smallest absolute Gasteiger partial charge is 0.352 e. The molecule has 0 radical (unpaired) electrons. The van der Waals surface area contributed by atoms with E-state index in [1.54, 1.807) is 4.90 Å². The van der Waals surface area contributed by atoms with Gasteiger partial charge in [0.2, 0.25) is 0 Å². The van der Waals surface area contributed by atoms with E-state index in [1.165, 1.54) is 12.1 Å². The molecule has 0 bridgehead atoms. The van der Waals surface area contributed by atoms with Crippen LogP contribution in [0.1, 0.15) is 0 Å². The Morgan fingerprint density at radius 3 is 2.75 bits per heavy atom. The number of hydrogen-bond acceptors (Lipinski definition) is 8. The van der Waals surface area contributed by atoms with Crippen LogP contribution in [0.2, 0.25) is 0 Å². The average Bonchev–Trinajstić information content (AvgIpc) is 2.59. The number of nitro benzene ring substituents is 1. The molecule has 10 nitrogen and oxygen atoms in total. The highest BCUT2D eigenvalue weighted by Gasteiger charge is 2.31. The molecule has 1 saturated heterocycles. The molecule has 1 unspecified atom stereocenters. The highest BCUT2D eigenvalue weighted by atomic mass is 16.6. The van der Waals surface area contributed by atoms with Crippen LogP contribution in [0.3, 0.4) is 0 Å². The predicted molar refractivity (Wildman–Crippen MR) is 84.3 cm³/mol. The van der Waals surface area contributed by atoms with Gasteiger partial charge in [-0.25, -0.2) is 9.79 Å². The second-order valence-corrected chi connectivity index (χ2v) is 5.27. The van der Waals surface area contributed by atoms with E-state index in [9.17, 15) is 19.7 Å². The van der Waals surface area contributed by atoms with Crippen LogP contribution < -0.4 is 10.2 Å². The van der Waals surface area contributed by atoms with Crippen molar-refractivity contribution in [1.82, 2.24) is 0 Å². The number of benzene rings is 1. The molecule has 2 aliphatic rings. The molecule has 24 heavy (non-hydrogen) atoms. The third kappa shape index (κ3) is 2.78. The number of rotatable bonds is 4. The van der Waals surface area contributed by atoms with E-state index in [2.05, 4.69) is 10.3 Å². The lowest BCUT2D eigenvalue weighted by molar-refractivity contribution is -0.384. The van der Waals surface area contributed by atoms with Gasteiger partial charge in [-0.3, -0.25) is 10.1 Å². The maximum Gasteiger partial charge on any atom is 0.352 e. The monoisotopic (exact) mass is 334 g/mol. The number of ether oxygens (including phenoxy) is 1. The number of nitrogens with one attached hydrogen (secondary N) is 1. The Morgan fingerprint density at radius 1 is 1.46 bits per heavy atom. The number of aliphatic carboxylic acids is 1. The summed E-state index contributed by atoms with van der Waals surface area (Å²) in [4.78, 5) is 39.0. The van der Waals surface area contributed by atoms with E-state index in [0.29, 0.717) is 38.3 Å². The third-order valence-corrected chi connectivity index (χ3v) is 3.84. The van der Waals surface area contributed by atoms with E-state index in [-0.39, 0.29) is 22.8 Å². The third-order valence-electron chi connectivity index (χ3n) is 3.84. The number of fused-ring (bicyclic) bond motifs is 1. The fourth-order valence-corrected chi connectivity index (χ4v) is 2.69. The van der Waals surface area contributed by atoms with Crippen molar-refractivity contribution in [2.24, 2.45) is 4.99 Å². The summed E-state index contributed by atoms with van der Waals surface area (Å²) in [6, 6.07) is 1.60. The van der Waals surface area contributed by atoms with Gasteiger partial charge >= 0.3 is 5.97 Å². The number of aliphatic imine (C=N–C) groups is 1. The maximum absolute atomic E-state index is 11.4. The molecule has 0 aliphatic carbocycles. The molecular weight excluding hydrogens is 320 g/mol. The van der Waals surface area contributed by atoms with Crippen LogP contribution >= 0.6 is 0 Å². The number of carboxylic acid groups (broad SMARTS) is 1. The van der Waals surface area contributed by atoms with Gasteiger partial charge < -0.3 is 24.9 Å². The summed E-state index contributed by atoms with van der Waals surface area (Å²) in [6.45, 7) is 1.87. The van der Waals surface area contributed by atoms with Crippen LogP contribution in [0.25, 0.3) is 0 Å². The van der Waals surface area contributed by atoms with Crippen molar-refractivity contribution < 1.29 is 24.4 Å². The zero-order chi connectivity index (χ0) is 17.3. The molecule has 1 atom stereocenters. The topological polar surface area (TPSA) is 134 Å². The number of morpholine rings is 1. The lowest BCUT2D eigenvalue weighted by atomic mass is 10.1. The van der Waals surface area contributed by atoms with Crippen molar-refractivity contribution in [2.75, 3.05) is 36.5 Å². The first kappa shape index (κ1) is 15.9. The minimum Gasteiger partial charge on any atom is -0.477 e. The highest BCUT2D eigenvalue weighted by Crippen LogP contribution is 2.40. The first-order valence-electron chi connectivity index (χ1n) is 7.20. The molecule has 3 rings (SSSR count). The maximum atomic E-state index is 11.4. The molecule has 1 fully saturated rings. The number of nitro groups is 1. The summed E-state index contributed by atoms with van der Waals surface area (Å²) in [5, 5.41) is 23.2. The Morgan fingerprint density at radius 2 is 2.17 bits per heavy atom. The van der Waals surface area contributed by atoms with Gasteiger partial charge in [0.15, 0.2) is 5.71 Å². The van der Waals surface area contributed by atoms with E-state index in [0.717, 1.165) is 0 Å². The van der Waals surface area contributed by atoms with Crippen LogP contribution in [0.4, 0.5) is 22.7 Å². The predicted octanol–water partition coefficient (Wildman–Crippen LogP) is 0.581. The number of nitrogens with zero attached hydrogens (tertiary/aromatic N) is 3. The largest absolute Gasteiger partial charge is 0.477 e. The van der Waals surface area contributed by atoms with Crippen molar-refractivity contribution in [2.45, 2.75) is 6.04 Å². The standard InChI is InChI=1S/C14H14N4O6/c19-7-10-13(14(20)21)16-9-5-11(17-1-3-24-4-2-17)12(18(22)23)6-8(9)15-10/h5-7,10,15H,1-4H2,(H,20,21). The van der Waals surface area contributed by atoms with Gasteiger partial charge in [0, 0.05) is 19.2 Å².